The summed E-state index contributed by atoms with van der Waals surface area (Å²) in [5, 5.41) is 18.7. The van der Waals surface area contributed by atoms with Crippen molar-refractivity contribution < 1.29 is 14.8 Å². The minimum Gasteiger partial charge on any atom is -0.481 e. The van der Waals surface area contributed by atoms with Crippen molar-refractivity contribution >= 4 is 5.97 Å². The van der Waals surface area contributed by atoms with Gasteiger partial charge in [0.1, 0.15) is 0 Å². The van der Waals surface area contributed by atoms with E-state index in [1.165, 1.54) is 6.92 Å². The number of hydrogen-bond acceptors (Lipinski definition) is 3. The number of rotatable bonds is 5. The van der Waals surface area contributed by atoms with Crippen molar-refractivity contribution in [3.05, 3.63) is 10.1 Å². The molecule has 12 heavy (non-hydrogen) atoms. The average Bonchev–Trinajstić information content (AvgIpc) is 1.98. The number of carboxylic acids is 1. The third-order valence-corrected chi connectivity index (χ3v) is 1.98. The molecule has 0 saturated carbocycles. The maximum atomic E-state index is 10.3. The van der Waals surface area contributed by atoms with Crippen molar-refractivity contribution in [3.63, 3.8) is 0 Å². The van der Waals surface area contributed by atoms with Crippen LogP contribution in [0.25, 0.3) is 0 Å². The third-order valence-electron chi connectivity index (χ3n) is 1.98. The lowest BCUT2D eigenvalue weighted by Crippen LogP contribution is -2.27. The smallest absolute Gasteiger partial charge is 0.303 e. The molecule has 0 aromatic heterocycles. The quantitative estimate of drug-likeness (QED) is 0.502. The van der Waals surface area contributed by atoms with Crippen LogP contribution in [0.1, 0.15) is 26.7 Å². The van der Waals surface area contributed by atoms with Gasteiger partial charge < -0.3 is 5.11 Å². The summed E-state index contributed by atoms with van der Waals surface area (Å²) in [5.74, 6) is -1.34. The van der Waals surface area contributed by atoms with E-state index in [4.69, 9.17) is 5.11 Å². The highest BCUT2D eigenvalue weighted by Gasteiger charge is 2.26. The van der Waals surface area contributed by atoms with E-state index in [0.29, 0.717) is 6.42 Å². The van der Waals surface area contributed by atoms with Crippen molar-refractivity contribution in [3.8, 4) is 0 Å². The molecule has 0 rings (SSSR count). The van der Waals surface area contributed by atoms with Gasteiger partial charge in [-0.15, -0.1) is 0 Å². The van der Waals surface area contributed by atoms with Crippen LogP contribution in [-0.2, 0) is 4.79 Å². The molecule has 70 valence electrons. The van der Waals surface area contributed by atoms with Gasteiger partial charge in [0, 0.05) is 17.8 Å². The van der Waals surface area contributed by atoms with Crippen LogP contribution in [0.5, 0.6) is 0 Å². The molecule has 0 aromatic carbocycles. The van der Waals surface area contributed by atoms with E-state index in [9.17, 15) is 14.9 Å². The van der Waals surface area contributed by atoms with Crippen LogP contribution < -0.4 is 0 Å². The summed E-state index contributed by atoms with van der Waals surface area (Å²) in [6.07, 6.45) is 0.396. The Morgan fingerprint density at radius 3 is 2.42 bits per heavy atom. The molecule has 5 heteroatoms. The standard InChI is InChI=1S/C7H13NO4/c1-3-6(4-7(9)10)5(2)8(11)12/h5-6H,3-4H2,1-2H3,(H,9,10). The lowest BCUT2D eigenvalue weighted by molar-refractivity contribution is -0.527. The van der Waals surface area contributed by atoms with Gasteiger partial charge in [-0.1, -0.05) is 6.92 Å². The largest absolute Gasteiger partial charge is 0.481 e. The zero-order valence-electron chi connectivity index (χ0n) is 7.19. The molecule has 0 spiro atoms. The second-order valence-electron chi connectivity index (χ2n) is 2.79. The first-order chi connectivity index (χ1) is 5.49. The molecule has 5 nitrogen and oxygen atoms in total. The summed E-state index contributed by atoms with van der Waals surface area (Å²) < 4.78 is 0. The lowest BCUT2D eigenvalue weighted by atomic mass is 9.95. The van der Waals surface area contributed by atoms with E-state index >= 15 is 0 Å². The van der Waals surface area contributed by atoms with E-state index in [1.807, 2.05) is 0 Å². The molecule has 0 bridgehead atoms. The van der Waals surface area contributed by atoms with Gasteiger partial charge in [0.05, 0.1) is 6.42 Å². The van der Waals surface area contributed by atoms with E-state index in [0.717, 1.165) is 0 Å². The Hall–Kier alpha value is -1.13. The fourth-order valence-electron chi connectivity index (χ4n) is 1.05. The molecule has 0 aliphatic carbocycles. The topological polar surface area (TPSA) is 80.4 Å². The average molecular weight is 175 g/mol. The van der Waals surface area contributed by atoms with Gasteiger partial charge in [0.15, 0.2) is 0 Å². The molecular formula is C7H13NO4. The summed E-state index contributed by atoms with van der Waals surface area (Å²) in [7, 11) is 0. The first-order valence-corrected chi connectivity index (χ1v) is 3.84. The SMILES string of the molecule is CCC(CC(=O)O)C(C)[N+](=O)[O-]. The van der Waals surface area contributed by atoms with Crippen LogP contribution in [0, 0.1) is 16.0 Å². The van der Waals surface area contributed by atoms with Crippen molar-refractivity contribution in [1.82, 2.24) is 0 Å². The first-order valence-electron chi connectivity index (χ1n) is 3.84. The molecule has 1 N–H and O–H groups in total. The van der Waals surface area contributed by atoms with Crippen molar-refractivity contribution in [2.75, 3.05) is 0 Å². The van der Waals surface area contributed by atoms with Crippen molar-refractivity contribution in [1.29, 1.82) is 0 Å². The van der Waals surface area contributed by atoms with Gasteiger partial charge in [-0.2, -0.15) is 0 Å². The lowest BCUT2D eigenvalue weighted by Gasteiger charge is -2.13. The molecule has 0 aliphatic heterocycles. The number of carbonyl (C=O) groups is 1. The van der Waals surface area contributed by atoms with E-state index in [-0.39, 0.29) is 12.3 Å². The van der Waals surface area contributed by atoms with Gasteiger partial charge in [0.25, 0.3) is 0 Å². The molecule has 0 heterocycles. The number of nitro groups is 1. The minimum absolute atomic E-state index is 0.126. The van der Waals surface area contributed by atoms with E-state index in [1.54, 1.807) is 6.92 Å². The molecule has 0 saturated heterocycles. The molecule has 0 fully saturated rings. The van der Waals surface area contributed by atoms with Crippen LogP contribution in [-0.4, -0.2) is 22.0 Å². The summed E-state index contributed by atoms with van der Waals surface area (Å²) in [6.45, 7) is 3.20. The van der Waals surface area contributed by atoms with E-state index < -0.39 is 16.9 Å². The number of aliphatic carboxylic acids is 1. The zero-order chi connectivity index (χ0) is 9.72. The van der Waals surface area contributed by atoms with Crippen LogP contribution in [0.15, 0.2) is 0 Å². The molecule has 0 aromatic rings. The van der Waals surface area contributed by atoms with Gasteiger partial charge in [0.2, 0.25) is 6.04 Å². The summed E-state index contributed by atoms with van der Waals surface area (Å²) in [5.41, 5.74) is 0. The van der Waals surface area contributed by atoms with Crippen LogP contribution in [0.3, 0.4) is 0 Å². The second-order valence-corrected chi connectivity index (χ2v) is 2.79. The normalized spacial score (nSPS) is 15.2. The Balaban J connectivity index is 4.14. The molecule has 0 amide bonds. The monoisotopic (exact) mass is 175 g/mol. The van der Waals surface area contributed by atoms with Gasteiger partial charge in [-0.05, 0) is 6.42 Å². The Labute approximate surface area is 70.5 Å². The highest BCUT2D eigenvalue weighted by Crippen LogP contribution is 2.15. The second kappa shape index (κ2) is 4.69. The maximum Gasteiger partial charge on any atom is 0.303 e. The highest BCUT2D eigenvalue weighted by molar-refractivity contribution is 5.67. The summed E-state index contributed by atoms with van der Waals surface area (Å²) >= 11 is 0. The molecule has 2 unspecified atom stereocenters. The Bertz CT molecular complexity index is 180. The Morgan fingerprint density at radius 1 is 1.67 bits per heavy atom. The summed E-state index contributed by atoms with van der Waals surface area (Å²) in [4.78, 5) is 20.1. The Morgan fingerprint density at radius 2 is 2.17 bits per heavy atom. The highest BCUT2D eigenvalue weighted by atomic mass is 16.6. The van der Waals surface area contributed by atoms with Gasteiger partial charge in [-0.3, -0.25) is 14.9 Å². The van der Waals surface area contributed by atoms with Gasteiger partial charge >= 0.3 is 5.97 Å². The summed E-state index contributed by atoms with van der Waals surface area (Å²) in [6, 6.07) is -0.772. The molecule has 0 aliphatic rings. The number of nitrogens with zero attached hydrogens (tertiary/aromatic N) is 1. The van der Waals surface area contributed by atoms with E-state index in [2.05, 4.69) is 0 Å². The van der Waals surface area contributed by atoms with Crippen molar-refractivity contribution in [2.45, 2.75) is 32.7 Å². The fraction of sp³-hybridized carbons (Fsp3) is 0.857. The first kappa shape index (κ1) is 10.9. The fourth-order valence-corrected chi connectivity index (χ4v) is 1.05. The predicted molar refractivity (Wildman–Crippen MR) is 42.5 cm³/mol. The minimum atomic E-state index is -0.976. The number of hydrogen-bond donors (Lipinski definition) is 1. The number of carboxylic acid groups (broad SMARTS) is 1. The zero-order valence-corrected chi connectivity index (χ0v) is 7.19. The predicted octanol–water partition coefficient (Wildman–Crippen LogP) is 1.15. The van der Waals surface area contributed by atoms with Crippen molar-refractivity contribution in [2.24, 2.45) is 5.92 Å². The van der Waals surface area contributed by atoms with Gasteiger partial charge in [-0.25, -0.2) is 0 Å². The third kappa shape index (κ3) is 3.32. The Kier molecular flexibility index (Phi) is 4.25. The molecular weight excluding hydrogens is 162 g/mol. The van der Waals surface area contributed by atoms with Crippen LogP contribution in [0.4, 0.5) is 0 Å². The molecule has 0 radical (unpaired) electrons. The van der Waals surface area contributed by atoms with Crippen LogP contribution >= 0.6 is 0 Å². The maximum absolute atomic E-state index is 10.3. The molecule has 2 atom stereocenters. The van der Waals surface area contributed by atoms with Crippen LogP contribution in [0.2, 0.25) is 0 Å².